The second-order valence-electron chi connectivity index (χ2n) is 4.12. The zero-order valence-corrected chi connectivity index (χ0v) is 10.2. The van der Waals surface area contributed by atoms with Gasteiger partial charge in [-0.1, -0.05) is 25.1 Å². The second-order valence-corrected chi connectivity index (χ2v) is 4.12. The van der Waals surface area contributed by atoms with Crippen molar-refractivity contribution in [1.82, 2.24) is 4.98 Å². The van der Waals surface area contributed by atoms with E-state index in [0.29, 0.717) is 11.4 Å². The molecule has 0 fully saturated rings. The molecule has 0 spiro atoms. The predicted molar refractivity (Wildman–Crippen MR) is 71.2 cm³/mol. The Hall–Kier alpha value is -2.12. The average Bonchev–Trinajstić information content (AvgIpc) is 2.43. The molecule has 18 heavy (non-hydrogen) atoms. The minimum absolute atomic E-state index is 0.0368. The summed E-state index contributed by atoms with van der Waals surface area (Å²) in [5.74, 6) is 0.631. The highest BCUT2D eigenvalue weighted by atomic mass is 16.3. The zero-order chi connectivity index (χ0) is 13.0. The molecule has 0 saturated heterocycles. The first kappa shape index (κ1) is 12.3. The van der Waals surface area contributed by atoms with Gasteiger partial charge in [0.1, 0.15) is 5.82 Å². The minimum atomic E-state index is -0.0368. The van der Waals surface area contributed by atoms with Gasteiger partial charge in [-0.3, -0.25) is 0 Å². The number of nitrogens with one attached hydrogen (secondary N) is 1. The van der Waals surface area contributed by atoms with Crippen LogP contribution < -0.4 is 5.32 Å². The van der Waals surface area contributed by atoms with Crippen LogP contribution in [0.25, 0.3) is 10.9 Å². The van der Waals surface area contributed by atoms with E-state index in [4.69, 9.17) is 5.26 Å². The standard InChI is InChI=1S/C14H15N3O/c1-2-11(9-18)16-14-7-10(8-15)12-5-3-4-6-13(12)17-14/h3-7,11,18H,2,9H2,1H3,(H,16,17). The molecule has 0 saturated carbocycles. The van der Waals surface area contributed by atoms with Gasteiger partial charge in [-0.25, -0.2) is 4.98 Å². The summed E-state index contributed by atoms with van der Waals surface area (Å²) in [6, 6.07) is 11.4. The predicted octanol–water partition coefficient (Wildman–Crippen LogP) is 2.29. The van der Waals surface area contributed by atoms with Crippen LogP contribution in [0, 0.1) is 11.3 Å². The number of fused-ring (bicyclic) bond motifs is 1. The molecule has 2 aromatic rings. The van der Waals surface area contributed by atoms with Gasteiger partial charge in [0, 0.05) is 5.39 Å². The average molecular weight is 241 g/mol. The molecule has 4 heteroatoms. The Morgan fingerprint density at radius 2 is 2.22 bits per heavy atom. The third-order valence-electron chi connectivity index (χ3n) is 2.90. The minimum Gasteiger partial charge on any atom is -0.394 e. The summed E-state index contributed by atoms with van der Waals surface area (Å²) in [5, 5.41) is 22.3. The summed E-state index contributed by atoms with van der Waals surface area (Å²) in [7, 11) is 0. The van der Waals surface area contributed by atoms with Crippen LogP contribution in [-0.2, 0) is 0 Å². The Morgan fingerprint density at radius 3 is 2.89 bits per heavy atom. The number of hydrogen-bond acceptors (Lipinski definition) is 4. The number of pyridine rings is 1. The number of nitriles is 1. The fourth-order valence-electron chi connectivity index (χ4n) is 1.83. The van der Waals surface area contributed by atoms with Crippen molar-refractivity contribution >= 4 is 16.7 Å². The molecule has 1 atom stereocenters. The summed E-state index contributed by atoms with van der Waals surface area (Å²) in [6.07, 6.45) is 0.799. The van der Waals surface area contributed by atoms with Crippen LogP contribution >= 0.6 is 0 Å². The van der Waals surface area contributed by atoms with E-state index >= 15 is 0 Å². The highest BCUT2D eigenvalue weighted by Crippen LogP contribution is 2.20. The lowest BCUT2D eigenvalue weighted by Gasteiger charge is -2.15. The van der Waals surface area contributed by atoms with Crippen molar-refractivity contribution in [3.63, 3.8) is 0 Å². The van der Waals surface area contributed by atoms with Crippen LogP contribution in [0.1, 0.15) is 18.9 Å². The maximum absolute atomic E-state index is 9.17. The van der Waals surface area contributed by atoms with Crippen LogP contribution in [0.2, 0.25) is 0 Å². The maximum Gasteiger partial charge on any atom is 0.128 e. The summed E-state index contributed by atoms with van der Waals surface area (Å²) < 4.78 is 0. The van der Waals surface area contributed by atoms with Gasteiger partial charge in [-0.2, -0.15) is 5.26 Å². The van der Waals surface area contributed by atoms with Gasteiger partial charge < -0.3 is 10.4 Å². The van der Waals surface area contributed by atoms with E-state index in [1.54, 1.807) is 6.07 Å². The van der Waals surface area contributed by atoms with E-state index < -0.39 is 0 Å². The highest BCUT2D eigenvalue weighted by molar-refractivity contribution is 5.86. The van der Waals surface area contributed by atoms with E-state index in [9.17, 15) is 5.11 Å². The number of nitrogens with zero attached hydrogens (tertiary/aromatic N) is 2. The van der Waals surface area contributed by atoms with Crippen molar-refractivity contribution in [3.05, 3.63) is 35.9 Å². The summed E-state index contributed by atoms with van der Waals surface area (Å²) in [5.41, 5.74) is 1.38. The molecule has 1 heterocycles. The lowest BCUT2D eigenvalue weighted by molar-refractivity contribution is 0.271. The van der Waals surface area contributed by atoms with Crippen LogP contribution in [0.5, 0.6) is 0 Å². The summed E-state index contributed by atoms with van der Waals surface area (Å²) >= 11 is 0. The largest absolute Gasteiger partial charge is 0.394 e. The quantitative estimate of drug-likeness (QED) is 0.861. The topological polar surface area (TPSA) is 68.9 Å². The van der Waals surface area contributed by atoms with Crippen LogP contribution in [0.4, 0.5) is 5.82 Å². The number of hydrogen-bond donors (Lipinski definition) is 2. The molecule has 0 bridgehead atoms. The second kappa shape index (κ2) is 5.48. The normalized spacial score (nSPS) is 12.1. The van der Waals surface area contributed by atoms with E-state index in [1.807, 2.05) is 31.2 Å². The first-order valence-electron chi connectivity index (χ1n) is 5.95. The fourth-order valence-corrected chi connectivity index (χ4v) is 1.83. The summed E-state index contributed by atoms with van der Waals surface area (Å²) in [4.78, 5) is 4.45. The number of benzene rings is 1. The van der Waals surface area contributed by atoms with Gasteiger partial charge >= 0.3 is 0 Å². The van der Waals surface area contributed by atoms with E-state index in [-0.39, 0.29) is 12.6 Å². The fraction of sp³-hybridized carbons (Fsp3) is 0.286. The zero-order valence-electron chi connectivity index (χ0n) is 10.2. The number of aliphatic hydroxyl groups is 1. The van der Waals surface area contributed by atoms with Crippen molar-refractivity contribution < 1.29 is 5.11 Å². The van der Waals surface area contributed by atoms with Crippen molar-refractivity contribution in [2.75, 3.05) is 11.9 Å². The smallest absolute Gasteiger partial charge is 0.128 e. The van der Waals surface area contributed by atoms with Gasteiger partial charge in [0.25, 0.3) is 0 Å². The number of rotatable bonds is 4. The third-order valence-corrected chi connectivity index (χ3v) is 2.90. The van der Waals surface area contributed by atoms with Crippen LogP contribution in [0.15, 0.2) is 30.3 Å². The van der Waals surface area contributed by atoms with Gasteiger partial charge in [0.15, 0.2) is 0 Å². The lowest BCUT2D eigenvalue weighted by atomic mass is 10.1. The van der Waals surface area contributed by atoms with Crippen molar-refractivity contribution in [1.29, 1.82) is 5.26 Å². The Balaban J connectivity index is 2.44. The SMILES string of the molecule is CCC(CO)Nc1cc(C#N)c2ccccc2n1. The molecular weight excluding hydrogens is 226 g/mol. The molecule has 92 valence electrons. The number of para-hydroxylation sites is 1. The van der Waals surface area contributed by atoms with Crippen molar-refractivity contribution in [3.8, 4) is 6.07 Å². The Morgan fingerprint density at radius 1 is 1.44 bits per heavy atom. The van der Waals surface area contributed by atoms with Crippen LogP contribution in [0.3, 0.4) is 0 Å². The molecule has 2 rings (SSSR count). The van der Waals surface area contributed by atoms with E-state index in [0.717, 1.165) is 17.3 Å². The Kier molecular flexibility index (Phi) is 3.75. The molecule has 4 nitrogen and oxygen atoms in total. The lowest BCUT2D eigenvalue weighted by Crippen LogP contribution is -2.23. The third kappa shape index (κ3) is 2.41. The molecule has 0 amide bonds. The molecule has 0 aliphatic carbocycles. The molecule has 0 radical (unpaired) electrons. The molecule has 1 aromatic carbocycles. The van der Waals surface area contributed by atoms with Gasteiger partial charge in [-0.05, 0) is 18.6 Å². The van der Waals surface area contributed by atoms with Crippen LogP contribution in [-0.4, -0.2) is 22.7 Å². The van der Waals surface area contributed by atoms with Gasteiger partial charge in [-0.15, -0.1) is 0 Å². The number of aliphatic hydroxyl groups excluding tert-OH is 1. The Bertz CT molecular complexity index is 585. The van der Waals surface area contributed by atoms with Gasteiger partial charge in [0.05, 0.1) is 29.8 Å². The molecule has 0 aliphatic heterocycles. The maximum atomic E-state index is 9.17. The molecule has 1 aromatic heterocycles. The first-order chi connectivity index (χ1) is 8.78. The number of anilines is 1. The molecule has 1 unspecified atom stereocenters. The first-order valence-corrected chi connectivity index (χ1v) is 5.95. The highest BCUT2D eigenvalue weighted by Gasteiger charge is 2.08. The molecule has 0 aliphatic rings. The Labute approximate surface area is 106 Å². The monoisotopic (exact) mass is 241 g/mol. The molecule has 2 N–H and O–H groups in total. The summed E-state index contributed by atoms with van der Waals surface area (Å²) in [6.45, 7) is 2.03. The molecular formula is C14H15N3O. The van der Waals surface area contributed by atoms with E-state index in [2.05, 4.69) is 16.4 Å². The van der Waals surface area contributed by atoms with Crippen molar-refractivity contribution in [2.45, 2.75) is 19.4 Å². The van der Waals surface area contributed by atoms with Gasteiger partial charge in [0.2, 0.25) is 0 Å². The van der Waals surface area contributed by atoms with E-state index in [1.165, 1.54) is 0 Å². The number of aromatic nitrogens is 1. The van der Waals surface area contributed by atoms with Crippen molar-refractivity contribution in [2.24, 2.45) is 0 Å².